The molecule has 2 rings (SSSR count). The quantitative estimate of drug-likeness (QED) is 0.729. The van der Waals surface area contributed by atoms with Gasteiger partial charge in [0.15, 0.2) is 9.84 Å². The Morgan fingerprint density at radius 1 is 1.24 bits per heavy atom. The largest absolute Gasteiger partial charge is 0.356 e. The molecule has 0 aliphatic heterocycles. The summed E-state index contributed by atoms with van der Waals surface area (Å²) in [6.07, 6.45) is 3.74. The van der Waals surface area contributed by atoms with Crippen LogP contribution in [0.25, 0.3) is 0 Å². The molecule has 1 aromatic carbocycles. The molecule has 0 heterocycles. The van der Waals surface area contributed by atoms with E-state index in [1.165, 1.54) is 5.56 Å². The van der Waals surface area contributed by atoms with Crippen molar-refractivity contribution in [3.05, 3.63) is 29.3 Å². The minimum absolute atomic E-state index is 0.00993. The number of benzene rings is 1. The number of amides is 1. The van der Waals surface area contributed by atoms with Gasteiger partial charge in [-0.3, -0.25) is 4.79 Å². The average molecular weight is 310 g/mol. The van der Waals surface area contributed by atoms with Crippen molar-refractivity contribution < 1.29 is 13.2 Å². The van der Waals surface area contributed by atoms with Crippen molar-refractivity contribution in [2.75, 3.05) is 18.8 Å². The molecular formula is C15H22N2O3S. The van der Waals surface area contributed by atoms with Crippen LogP contribution in [0.3, 0.4) is 0 Å². The van der Waals surface area contributed by atoms with Crippen molar-refractivity contribution in [3.8, 4) is 0 Å². The summed E-state index contributed by atoms with van der Waals surface area (Å²) < 4.78 is 24.5. The van der Waals surface area contributed by atoms with Gasteiger partial charge in [0.05, 0.1) is 10.6 Å². The van der Waals surface area contributed by atoms with Crippen LogP contribution >= 0.6 is 0 Å². The first-order valence-electron chi connectivity index (χ1n) is 7.34. The van der Waals surface area contributed by atoms with Gasteiger partial charge < -0.3 is 11.1 Å². The molecule has 0 radical (unpaired) electrons. The highest BCUT2D eigenvalue weighted by molar-refractivity contribution is 7.91. The number of carbonyl (C=O) groups excluding carboxylic acids is 1. The summed E-state index contributed by atoms with van der Waals surface area (Å²) in [5, 5.41) is 2.67. The molecule has 0 atom stereocenters. The number of fused-ring (bicyclic) bond motifs is 1. The van der Waals surface area contributed by atoms with E-state index in [1.807, 2.05) is 6.07 Å². The van der Waals surface area contributed by atoms with E-state index in [0.29, 0.717) is 24.4 Å². The highest BCUT2D eigenvalue weighted by Gasteiger charge is 2.19. The maximum absolute atomic E-state index is 12.3. The maximum Gasteiger partial charge on any atom is 0.221 e. The Kier molecular flexibility index (Phi) is 5.36. The molecule has 116 valence electrons. The van der Waals surface area contributed by atoms with Crippen molar-refractivity contribution in [2.24, 2.45) is 5.73 Å². The first-order valence-corrected chi connectivity index (χ1v) is 8.99. The SMILES string of the molecule is NCCCNC(=O)CCS(=O)(=O)c1ccc2c(c1)CCC2. The monoisotopic (exact) mass is 310 g/mol. The van der Waals surface area contributed by atoms with Crippen molar-refractivity contribution in [2.45, 2.75) is 37.0 Å². The Bertz CT molecular complexity index is 611. The van der Waals surface area contributed by atoms with Crippen LogP contribution < -0.4 is 11.1 Å². The second-order valence-electron chi connectivity index (χ2n) is 5.35. The normalized spacial score (nSPS) is 14.0. The van der Waals surface area contributed by atoms with Crippen LogP contribution in [-0.2, 0) is 27.5 Å². The van der Waals surface area contributed by atoms with Crippen molar-refractivity contribution in [3.63, 3.8) is 0 Å². The maximum atomic E-state index is 12.3. The van der Waals surface area contributed by atoms with Crippen molar-refractivity contribution in [1.82, 2.24) is 5.32 Å². The van der Waals surface area contributed by atoms with E-state index in [4.69, 9.17) is 5.73 Å². The number of nitrogens with one attached hydrogen (secondary N) is 1. The molecule has 1 amide bonds. The van der Waals surface area contributed by atoms with Gasteiger partial charge in [-0.25, -0.2) is 8.42 Å². The fourth-order valence-electron chi connectivity index (χ4n) is 2.50. The Morgan fingerprint density at radius 2 is 2.00 bits per heavy atom. The van der Waals surface area contributed by atoms with Gasteiger partial charge in [0.1, 0.15) is 0 Å². The smallest absolute Gasteiger partial charge is 0.221 e. The fourth-order valence-corrected chi connectivity index (χ4v) is 3.79. The summed E-state index contributed by atoms with van der Waals surface area (Å²) >= 11 is 0. The number of hydrogen-bond acceptors (Lipinski definition) is 4. The summed E-state index contributed by atoms with van der Waals surface area (Å²) in [4.78, 5) is 11.9. The van der Waals surface area contributed by atoms with Gasteiger partial charge >= 0.3 is 0 Å². The van der Waals surface area contributed by atoms with Gasteiger partial charge in [0, 0.05) is 13.0 Å². The predicted octanol–water partition coefficient (Wildman–Crippen LogP) is 0.804. The number of sulfone groups is 1. The van der Waals surface area contributed by atoms with Gasteiger partial charge in [-0.15, -0.1) is 0 Å². The minimum Gasteiger partial charge on any atom is -0.356 e. The number of aryl methyl sites for hydroxylation is 2. The third-order valence-corrected chi connectivity index (χ3v) is 5.44. The first kappa shape index (κ1) is 16.0. The third-order valence-electron chi connectivity index (χ3n) is 3.73. The lowest BCUT2D eigenvalue weighted by atomic mass is 10.1. The summed E-state index contributed by atoms with van der Waals surface area (Å²) in [5.74, 6) is -0.395. The Hall–Kier alpha value is -1.40. The summed E-state index contributed by atoms with van der Waals surface area (Å²) in [5.41, 5.74) is 7.70. The van der Waals surface area contributed by atoms with Gasteiger partial charge in [-0.05, 0) is 55.5 Å². The summed E-state index contributed by atoms with van der Waals surface area (Å²) in [6.45, 7) is 1.00. The van der Waals surface area contributed by atoms with E-state index < -0.39 is 9.84 Å². The van der Waals surface area contributed by atoms with Crippen molar-refractivity contribution in [1.29, 1.82) is 0 Å². The zero-order valence-electron chi connectivity index (χ0n) is 12.1. The van der Waals surface area contributed by atoms with Crippen LogP contribution in [0.1, 0.15) is 30.4 Å². The molecule has 1 aromatic rings. The zero-order chi connectivity index (χ0) is 15.3. The van der Waals surface area contributed by atoms with E-state index in [-0.39, 0.29) is 18.1 Å². The summed E-state index contributed by atoms with van der Waals surface area (Å²) in [7, 11) is -3.39. The lowest BCUT2D eigenvalue weighted by molar-refractivity contribution is -0.120. The number of rotatable bonds is 7. The van der Waals surface area contributed by atoms with Gasteiger partial charge in [-0.1, -0.05) is 6.07 Å². The highest BCUT2D eigenvalue weighted by Crippen LogP contribution is 2.25. The number of carbonyl (C=O) groups is 1. The van der Waals surface area contributed by atoms with Gasteiger partial charge in [-0.2, -0.15) is 0 Å². The summed E-state index contributed by atoms with van der Waals surface area (Å²) in [6, 6.07) is 5.33. The lowest BCUT2D eigenvalue weighted by Gasteiger charge is -2.07. The Balaban J connectivity index is 1.94. The number of hydrogen-bond donors (Lipinski definition) is 2. The van der Waals surface area contributed by atoms with E-state index in [0.717, 1.165) is 24.8 Å². The second kappa shape index (κ2) is 7.04. The molecule has 0 saturated heterocycles. The zero-order valence-corrected chi connectivity index (χ0v) is 12.9. The van der Waals surface area contributed by atoms with Crippen LogP contribution in [0, 0.1) is 0 Å². The third kappa shape index (κ3) is 4.28. The van der Waals surface area contributed by atoms with E-state index in [9.17, 15) is 13.2 Å². The Morgan fingerprint density at radius 3 is 2.76 bits per heavy atom. The lowest BCUT2D eigenvalue weighted by Crippen LogP contribution is -2.27. The average Bonchev–Trinajstić information content (AvgIpc) is 2.93. The molecule has 0 spiro atoms. The van der Waals surface area contributed by atoms with E-state index in [1.54, 1.807) is 12.1 Å². The standard InChI is InChI=1S/C15H22N2O3S/c16-8-2-9-17-15(18)7-10-21(19,20)14-6-5-12-3-1-4-13(12)11-14/h5-6,11H,1-4,7-10,16H2,(H,17,18). The molecule has 0 aromatic heterocycles. The molecule has 1 aliphatic rings. The topological polar surface area (TPSA) is 89.3 Å². The predicted molar refractivity (Wildman–Crippen MR) is 81.8 cm³/mol. The van der Waals surface area contributed by atoms with Crippen LogP contribution in [0.2, 0.25) is 0 Å². The van der Waals surface area contributed by atoms with Gasteiger partial charge in [0.2, 0.25) is 5.91 Å². The fraction of sp³-hybridized carbons (Fsp3) is 0.533. The molecular weight excluding hydrogens is 288 g/mol. The van der Waals surface area contributed by atoms with Crippen molar-refractivity contribution >= 4 is 15.7 Å². The van der Waals surface area contributed by atoms with Crippen LogP contribution in [0.5, 0.6) is 0 Å². The molecule has 0 bridgehead atoms. The van der Waals surface area contributed by atoms with Crippen LogP contribution in [0.15, 0.2) is 23.1 Å². The van der Waals surface area contributed by atoms with Crippen LogP contribution in [0.4, 0.5) is 0 Å². The minimum atomic E-state index is -3.39. The highest BCUT2D eigenvalue weighted by atomic mass is 32.2. The molecule has 6 heteroatoms. The first-order chi connectivity index (χ1) is 10.0. The molecule has 21 heavy (non-hydrogen) atoms. The molecule has 3 N–H and O–H groups in total. The molecule has 0 unspecified atom stereocenters. The molecule has 1 aliphatic carbocycles. The molecule has 0 saturated carbocycles. The number of nitrogens with two attached hydrogens (primary N) is 1. The van der Waals surface area contributed by atoms with E-state index in [2.05, 4.69) is 5.32 Å². The second-order valence-corrected chi connectivity index (χ2v) is 7.45. The van der Waals surface area contributed by atoms with Crippen LogP contribution in [-0.4, -0.2) is 33.2 Å². The van der Waals surface area contributed by atoms with E-state index >= 15 is 0 Å². The molecule has 0 fully saturated rings. The Labute approximate surface area is 125 Å². The van der Waals surface area contributed by atoms with Gasteiger partial charge in [0.25, 0.3) is 0 Å². The molecule has 5 nitrogen and oxygen atoms in total.